The average Bonchev–Trinajstić information content (AvgIpc) is 2.47. The van der Waals surface area contributed by atoms with Crippen LogP contribution < -0.4 is 4.74 Å². The van der Waals surface area contributed by atoms with Crippen LogP contribution in [0.4, 0.5) is 0 Å². The molecule has 1 aliphatic rings. The minimum atomic E-state index is -0.627. The highest BCUT2D eigenvalue weighted by atomic mass is 16.5. The van der Waals surface area contributed by atoms with Crippen LogP contribution in [0.1, 0.15) is 12.8 Å². The van der Waals surface area contributed by atoms with Crippen molar-refractivity contribution in [3.05, 3.63) is 24.4 Å². The topological polar surface area (TPSA) is 56.3 Å². The highest BCUT2D eigenvalue weighted by molar-refractivity contribution is 6.08. The van der Waals surface area contributed by atoms with Crippen molar-refractivity contribution in [2.24, 2.45) is 0 Å². The molecular weight excluding hydrogens is 182 g/mol. The molecule has 1 atom stereocenters. The lowest BCUT2D eigenvalue weighted by molar-refractivity contribution is -0.124. The van der Waals surface area contributed by atoms with E-state index in [2.05, 4.69) is 4.98 Å². The third-order valence-electron chi connectivity index (χ3n) is 2.04. The van der Waals surface area contributed by atoms with Gasteiger partial charge in [-0.25, -0.2) is 4.98 Å². The molecule has 14 heavy (non-hydrogen) atoms. The molecule has 1 aliphatic carbocycles. The van der Waals surface area contributed by atoms with Crippen LogP contribution in [0.5, 0.6) is 5.88 Å². The minimum Gasteiger partial charge on any atom is -0.466 e. The fourth-order valence-electron chi connectivity index (χ4n) is 1.37. The van der Waals surface area contributed by atoms with Gasteiger partial charge in [-0.3, -0.25) is 9.59 Å². The predicted octanol–water partition coefficient (Wildman–Crippen LogP) is 0.761. The van der Waals surface area contributed by atoms with E-state index in [1.54, 1.807) is 24.4 Å². The Bertz CT molecular complexity index is 361. The molecule has 1 aromatic rings. The summed E-state index contributed by atoms with van der Waals surface area (Å²) in [5.41, 5.74) is 0. The Morgan fingerprint density at radius 1 is 1.36 bits per heavy atom. The normalized spacial score (nSPS) is 21.3. The summed E-state index contributed by atoms with van der Waals surface area (Å²) < 4.78 is 5.28. The number of ether oxygens (including phenoxy) is 1. The zero-order valence-corrected chi connectivity index (χ0v) is 7.47. The number of Topliss-reactive ketones (excluding diaryl/α,β-unsaturated/α-hetero) is 2. The average molecular weight is 191 g/mol. The highest BCUT2D eigenvalue weighted by Crippen LogP contribution is 2.17. The van der Waals surface area contributed by atoms with Crippen molar-refractivity contribution in [3.63, 3.8) is 0 Å². The number of rotatable bonds is 2. The van der Waals surface area contributed by atoms with Gasteiger partial charge in [-0.15, -0.1) is 0 Å². The van der Waals surface area contributed by atoms with Crippen LogP contribution in [-0.2, 0) is 9.59 Å². The summed E-state index contributed by atoms with van der Waals surface area (Å²) in [6.45, 7) is 0. The number of hydrogen-bond donors (Lipinski definition) is 0. The van der Waals surface area contributed by atoms with E-state index in [-0.39, 0.29) is 24.4 Å². The number of hydrogen-bond acceptors (Lipinski definition) is 4. The number of ketones is 2. The molecular formula is C10H9NO3. The van der Waals surface area contributed by atoms with Gasteiger partial charge in [0.2, 0.25) is 5.88 Å². The van der Waals surface area contributed by atoms with Gasteiger partial charge in [0.05, 0.1) is 12.8 Å². The molecule has 4 nitrogen and oxygen atoms in total. The molecule has 1 aromatic heterocycles. The summed E-state index contributed by atoms with van der Waals surface area (Å²) in [6.07, 6.45) is 1.13. The van der Waals surface area contributed by atoms with Gasteiger partial charge in [0.1, 0.15) is 5.78 Å². The van der Waals surface area contributed by atoms with Gasteiger partial charge >= 0.3 is 0 Å². The molecule has 72 valence electrons. The van der Waals surface area contributed by atoms with Gasteiger partial charge in [0, 0.05) is 12.3 Å². The molecule has 1 heterocycles. The Morgan fingerprint density at radius 3 is 2.79 bits per heavy atom. The summed E-state index contributed by atoms with van der Waals surface area (Å²) in [6, 6.07) is 5.19. The maximum atomic E-state index is 11.2. The fraction of sp³-hybridized carbons (Fsp3) is 0.300. The Morgan fingerprint density at radius 2 is 2.21 bits per heavy atom. The van der Waals surface area contributed by atoms with Gasteiger partial charge in [-0.05, 0) is 6.07 Å². The van der Waals surface area contributed by atoms with E-state index in [1.165, 1.54) is 0 Å². The molecule has 1 fully saturated rings. The third kappa shape index (κ3) is 1.79. The monoisotopic (exact) mass is 191 g/mol. The standard InChI is InChI=1S/C10H9NO3/c12-7-5-8(13)9(6-7)14-10-3-1-2-4-11-10/h1-4,9H,5-6H2. The maximum Gasteiger partial charge on any atom is 0.213 e. The van der Waals surface area contributed by atoms with Crippen molar-refractivity contribution < 1.29 is 14.3 Å². The van der Waals surface area contributed by atoms with Crippen LogP contribution in [0, 0.1) is 0 Å². The van der Waals surface area contributed by atoms with Crippen LogP contribution in [0.25, 0.3) is 0 Å². The van der Waals surface area contributed by atoms with Crippen LogP contribution >= 0.6 is 0 Å². The summed E-state index contributed by atoms with van der Waals surface area (Å²) in [5, 5.41) is 0. The molecule has 0 spiro atoms. The molecule has 0 amide bonds. The fourth-order valence-corrected chi connectivity index (χ4v) is 1.37. The maximum absolute atomic E-state index is 11.2. The first-order chi connectivity index (χ1) is 6.75. The van der Waals surface area contributed by atoms with E-state index in [0.717, 1.165) is 0 Å². The second-order valence-electron chi connectivity index (χ2n) is 3.16. The van der Waals surface area contributed by atoms with Crippen LogP contribution in [0.3, 0.4) is 0 Å². The lowest BCUT2D eigenvalue weighted by Crippen LogP contribution is -2.21. The van der Waals surface area contributed by atoms with Gasteiger partial charge in [0.25, 0.3) is 0 Å². The van der Waals surface area contributed by atoms with Gasteiger partial charge in [-0.2, -0.15) is 0 Å². The minimum absolute atomic E-state index is 0.00248. The van der Waals surface area contributed by atoms with Gasteiger partial charge in [0.15, 0.2) is 11.9 Å². The van der Waals surface area contributed by atoms with Gasteiger partial charge < -0.3 is 4.74 Å². The van der Waals surface area contributed by atoms with Crippen LogP contribution in [0.2, 0.25) is 0 Å². The van der Waals surface area contributed by atoms with Crippen LogP contribution in [-0.4, -0.2) is 22.7 Å². The Hall–Kier alpha value is -1.71. The highest BCUT2D eigenvalue weighted by Gasteiger charge is 2.32. The smallest absolute Gasteiger partial charge is 0.213 e. The van der Waals surface area contributed by atoms with Crippen molar-refractivity contribution in [2.45, 2.75) is 18.9 Å². The molecule has 2 rings (SSSR count). The summed E-state index contributed by atoms with van der Waals surface area (Å²) in [5.74, 6) is 0.178. The van der Waals surface area contributed by atoms with E-state index in [1.807, 2.05) is 0 Å². The number of nitrogens with zero attached hydrogens (tertiary/aromatic N) is 1. The quantitative estimate of drug-likeness (QED) is 0.647. The number of aromatic nitrogens is 1. The van der Waals surface area contributed by atoms with Crippen molar-refractivity contribution in [3.8, 4) is 5.88 Å². The lowest BCUT2D eigenvalue weighted by Gasteiger charge is -2.08. The van der Waals surface area contributed by atoms with E-state index in [4.69, 9.17) is 4.74 Å². The van der Waals surface area contributed by atoms with Gasteiger partial charge in [-0.1, -0.05) is 6.07 Å². The second-order valence-corrected chi connectivity index (χ2v) is 3.16. The molecule has 0 aliphatic heterocycles. The zero-order chi connectivity index (χ0) is 9.97. The van der Waals surface area contributed by atoms with E-state index in [9.17, 15) is 9.59 Å². The number of carbonyl (C=O) groups is 2. The number of carbonyl (C=O) groups excluding carboxylic acids is 2. The van der Waals surface area contributed by atoms with Crippen LogP contribution in [0.15, 0.2) is 24.4 Å². The molecule has 1 unspecified atom stereocenters. The molecule has 0 radical (unpaired) electrons. The molecule has 0 bridgehead atoms. The Kier molecular flexibility index (Phi) is 2.26. The zero-order valence-electron chi connectivity index (χ0n) is 7.47. The SMILES string of the molecule is O=C1CC(=O)C(Oc2ccccn2)C1. The van der Waals surface area contributed by atoms with Crippen molar-refractivity contribution >= 4 is 11.6 Å². The molecule has 4 heteroatoms. The largest absolute Gasteiger partial charge is 0.466 e. The molecule has 1 saturated carbocycles. The van der Waals surface area contributed by atoms with Crippen molar-refractivity contribution in [1.29, 1.82) is 0 Å². The second kappa shape index (κ2) is 3.57. The molecule has 0 saturated heterocycles. The first-order valence-electron chi connectivity index (χ1n) is 4.38. The summed E-state index contributed by atoms with van der Waals surface area (Å²) >= 11 is 0. The molecule has 0 aromatic carbocycles. The first kappa shape index (κ1) is 8.87. The van der Waals surface area contributed by atoms with Crippen molar-refractivity contribution in [1.82, 2.24) is 4.98 Å². The summed E-state index contributed by atoms with van der Waals surface area (Å²) in [7, 11) is 0. The van der Waals surface area contributed by atoms with E-state index >= 15 is 0 Å². The Balaban J connectivity index is 2.05. The number of pyridine rings is 1. The lowest BCUT2D eigenvalue weighted by atomic mass is 10.3. The Labute approximate surface area is 80.9 Å². The first-order valence-corrected chi connectivity index (χ1v) is 4.38. The summed E-state index contributed by atoms with van der Waals surface area (Å²) in [4.78, 5) is 26.1. The van der Waals surface area contributed by atoms with E-state index in [0.29, 0.717) is 5.88 Å². The van der Waals surface area contributed by atoms with Crippen molar-refractivity contribution in [2.75, 3.05) is 0 Å². The third-order valence-corrected chi connectivity index (χ3v) is 2.04. The van der Waals surface area contributed by atoms with E-state index < -0.39 is 6.10 Å². The molecule has 0 N–H and O–H groups in total. The predicted molar refractivity (Wildman–Crippen MR) is 47.9 cm³/mol.